The third-order valence-electron chi connectivity index (χ3n) is 6.14. The number of aliphatic hydroxyl groups is 1. The number of hydrogen-bond donors (Lipinski definition) is 1. The van der Waals surface area contributed by atoms with Gasteiger partial charge in [-0.25, -0.2) is 8.78 Å². The molecular formula is C22H20F5NO2. The molecule has 1 aliphatic carbocycles. The number of amides is 1. The van der Waals surface area contributed by atoms with Crippen molar-refractivity contribution in [2.24, 2.45) is 0 Å². The SMILES string of the molecule is CC1(F)c2cc3c(cc2C1(O)C(F)(F)F)CCCCN3C(=O)Cc1ccc(F)cc1. The van der Waals surface area contributed by atoms with Crippen LogP contribution in [0, 0.1) is 5.82 Å². The molecule has 0 bridgehead atoms. The van der Waals surface area contributed by atoms with E-state index in [0.717, 1.165) is 0 Å². The van der Waals surface area contributed by atoms with Crippen LogP contribution >= 0.6 is 0 Å². The molecule has 0 fully saturated rings. The molecule has 0 aromatic heterocycles. The number of aryl methyl sites for hydroxylation is 1. The van der Waals surface area contributed by atoms with Crippen LogP contribution in [0.5, 0.6) is 0 Å². The topological polar surface area (TPSA) is 40.5 Å². The number of benzene rings is 2. The summed E-state index contributed by atoms with van der Waals surface area (Å²) in [6.45, 7) is 1.05. The van der Waals surface area contributed by atoms with Gasteiger partial charge in [0.2, 0.25) is 11.5 Å². The van der Waals surface area contributed by atoms with Crippen molar-refractivity contribution in [3.05, 3.63) is 64.5 Å². The first kappa shape index (κ1) is 20.8. The number of halogens is 5. The lowest BCUT2D eigenvalue weighted by atomic mass is 9.61. The van der Waals surface area contributed by atoms with E-state index in [-0.39, 0.29) is 17.9 Å². The second kappa shape index (κ2) is 6.77. The van der Waals surface area contributed by atoms with Gasteiger partial charge in [0.15, 0.2) is 5.67 Å². The van der Waals surface area contributed by atoms with E-state index in [1.165, 1.54) is 41.3 Å². The van der Waals surface area contributed by atoms with Crippen molar-refractivity contribution in [1.29, 1.82) is 0 Å². The van der Waals surface area contributed by atoms with Crippen LogP contribution < -0.4 is 4.90 Å². The summed E-state index contributed by atoms with van der Waals surface area (Å²) in [5.74, 6) is -0.735. The molecule has 0 saturated heterocycles. The Labute approximate surface area is 170 Å². The Morgan fingerprint density at radius 2 is 1.80 bits per heavy atom. The third-order valence-corrected chi connectivity index (χ3v) is 6.14. The highest BCUT2D eigenvalue weighted by molar-refractivity contribution is 5.96. The molecule has 8 heteroatoms. The molecule has 1 N–H and O–H groups in total. The van der Waals surface area contributed by atoms with Gasteiger partial charge in [0, 0.05) is 23.4 Å². The van der Waals surface area contributed by atoms with Crippen LogP contribution in [-0.4, -0.2) is 23.7 Å². The van der Waals surface area contributed by atoms with Crippen LogP contribution in [0.3, 0.4) is 0 Å². The number of fused-ring (bicyclic) bond motifs is 2. The van der Waals surface area contributed by atoms with Crippen molar-refractivity contribution in [2.45, 2.75) is 50.1 Å². The minimum atomic E-state index is -5.17. The summed E-state index contributed by atoms with van der Waals surface area (Å²) in [7, 11) is 0. The van der Waals surface area contributed by atoms with E-state index in [9.17, 15) is 27.5 Å². The Morgan fingerprint density at radius 1 is 1.13 bits per heavy atom. The number of alkyl halides is 4. The van der Waals surface area contributed by atoms with Crippen LogP contribution in [0.4, 0.5) is 27.6 Å². The molecule has 4 rings (SSSR count). The van der Waals surface area contributed by atoms with Crippen LogP contribution in [0.25, 0.3) is 0 Å². The Kier molecular flexibility index (Phi) is 4.69. The highest BCUT2D eigenvalue weighted by atomic mass is 19.4. The normalized spacial score (nSPS) is 25.8. The molecule has 30 heavy (non-hydrogen) atoms. The largest absolute Gasteiger partial charge is 0.425 e. The summed E-state index contributed by atoms with van der Waals surface area (Å²) in [6.07, 6.45) is -3.50. The number of anilines is 1. The number of carbonyl (C=O) groups is 1. The lowest BCUT2D eigenvalue weighted by Gasteiger charge is -2.51. The predicted molar refractivity (Wildman–Crippen MR) is 100 cm³/mol. The van der Waals surface area contributed by atoms with Gasteiger partial charge in [0.1, 0.15) is 5.82 Å². The Hall–Kier alpha value is -2.48. The van der Waals surface area contributed by atoms with E-state index in [1.54, 1.807) is 0 Å². The summed E-state index contributed by atoms with van der Waals surface area (Å²) >= 11 is 0. The van der Waals surface area contributed by atoms with Gasteiger partial charge in [-0.1, -0.05) is 12.1 Å². The first-order valence-corrected chi connectivity index (χ1v) is 9.67. The molecular weight excluding hydrogens is 405 g/mol. The second-order valence-electron chi connectivity index (χ2n) is 8.04. The van der Waals surface area contributed by atoms with Crippen LogP contribution in [-0.2, 0) is 28.9 Å². The first-order chi connectivity index (χ1) is 14.0. The van der Waals surface area contributed by atoms with Gasteiger partial charge in [0.25, 0.3) is 0 Å². The monoisotopic (exact) mass is 425 g/mol. The molecule has 2 aromatic carbocycles. The van der Waals surface area contributed by atoms with E-state index in [1.807, 2.05) is 0 Å². The van der Waals surface area contributed by atoms with Gasteiger partial charge >= 0.3 is 6.18 Å². The number of nitrogens with zero attached hydrogens (tertiary/aromatic N) is 1. The highest BCUT2D eigenvalue weighted by Gasteiger charge is 2.74. The molecule has 0 saturated carbocycles. The number of carbonyl (C=O) groups excluding carboxylic acids is 1. The van der Waals surface area contributed by atoms with Crippen LogP contribution in [0.2, 0.25) is 0 Å². The average molecular weight is 425 g/mol. The van der Waals surface area contributed by atoms with Gasteiger partial charge in [-0.2, -0.15) is 13.2 Å². The first-order valence-electron chi connectivity index (χ1n) is 9.67. The summed E-state index contributed by atoms with van der Waals surface area (Å²) in [6, 6.07) is 7.92. The molecule has 160 valence electrons. The minimum Gasteiger partial charge on any atom is -0.374 e. The van der Waals surface area contributed by atoms with Gasteiger partial charge in [0.05, 0.1) is 6.42 Å². The highest BCUT2D eigenvalue weighted by Crippen LogP contribution is 2.63. The lowest BCUT2D eigenvalue weighted by Crippen LogP contribution is -2.62. The van der Waals surface area contributed by atoms with Crippen LogP contribution in [0.1, 0.15) is 42.0 Å². The number of hydrogen-bond acceptors (Lipinski definition) is 2. The van der Waals surface area contributed by atoms with E-state index < -0.39 is 28.8 Å². The molecule has 2 aromatic rings. The number of rotatable bonds is 2. The van der Waals surface area contributed by atoms with E-state index >= 15 is 4.39 Å². The average Bonchev–Trinajstić information content (AvgIpc) is 2.89. The van der Waals surface area contributed by atoms with Gasteiger partial charge < -0.3 is 10.0 Å². The maximum Gasteiger partial charge on any atom is 0.425 e. The van der Waals surface area contributed by atoms with Crippen molar-refractivity contribution in [3.8, 4) is 0 Å². The zero-order valence-electron chi connectivity index (χ0n) is 16.2. The van der Waals surface area contributed by atoms with Crippen LogP contribution in [0.15, 0.2) is 36.4 Å². The molecule has 1 aliphatic heterocycles. The van der Waals surface area contributed by atoms with Crippen molar-refractivity contribution in [2.75, 3.05) is 11.4 Å². The van der Waals surface area contributed by atoms with Gasteiger partial charge in [-0.3, -0.25) is 4.79 Å². The minimum absolute atomic E-state index is 0.0177. The van der Waals surface area contributed by atoms with Crippen molar-refractivity contribution < 1.29 is 31.9 Å². The fraction of sp³-hybridized carbons (Fsp3) is 0.409. The molecule has 0 radical (unpaired) electrons. The van der Waals surface area contributed by atoms with Crippen molar-refractivity contribution in [3.63, 3.8) is 0 Å². The molecule has 2 unspecified atom stereocenters. The molecule has 2 aliphatic rings. The molecule has 1 amide bonds. The van der Waals surface area contributed by atoms with Crippen molar-refractivity contribution >= 4 is 11.6 Å². The lowest BCUT2D eigenvalue weighted by molar-refractivity contribution is -0.328. The zero-order valence-corrected chi connectivity index (χ0v) is 16.2. The predicted octanol–water partition coefficient (Wildman–Crippen LogP) is 4.69. The quantitative estimate of drug-likeness (QED) is 0.710. The van der Waals surface area contributed by atoms with E-state index in [2.05, 4.69) is 0 Å². The van der Waals surface area contributed by atoms with Crippen molar-refractivity contribution in [1.82, 2.24) is 0 Å². The Morgan fingerprint density at radius 3 is 2.43 bits per heavy atom. The Bertz CT molecular complexity index is 1000. The summed E-state index contributed by atoms with van der Waals surface area (Å²) in [5, 5.41) is 10.2. The van der Waals surface area contributed by atoms with E-state index in [4.69, 9.17) is 0 Å². The summed E-state index contributed by atoms with van der Waals surface area (Å²) < 4.78 is 68.5. The standard InChI is InChI=1S/C22H20F5NO2/c1-20(24)16-12-18-14(11-17(16)21(20,30)22(25,26)27)4-2-3-9-28(18)19(29)10-13-5-7-15(23)8-6-13/h5-8,11-12,30H,2-4,9-10H2,1H3. The fourth-order valence-corrected chi connectivity index (χ4v) is 4.41. The summed E-state index contributed by atoms with van der Waals surface area (Å²) in [4.78, 5) is 14.4. The molecule has 1 heterocycles. The fourth-order valence-electron chi connectivity index (χ4n) is 4.41. The summed E-state index contributed by atoms with van der Waals surface area (Å²) in [5.41, 5.74) is -5.91. The maximum absolute atomic E-state index is 15.0. The second-order valence-corrected chi connectivity index (χ2v) is 8.04. The molecule has 2 atom stereocenters. The smallest absolute Gasteiger partial charge is 0.374 e. The van der Waals surface area contributed by atoms with Gasteiger partial charge in [-0.15, -0.1) is 0 Å². The van der Waals surface area contributed by atoms with E-state index in [0.29, 0.717) is 49.5 Å². The maximum atomic E-state index is 15.0. The van der Waals surface area contributed by atoms with Gasteiger partial charge in [-0.05, 0) is 61.6 Å². The molecule has 3 nitrogen and oxygen atoms in total. The third kappa shape index (κ3) is 2.92. The zero-order chi connectivity index (χ0) is 21.9. The Balaban J connectivity index is 1.73. The molecule has 0 spiro atoms.